The Bertz CT molecular complexity index is 285. The highest BCUT2D eigenvalue weighted by molar-refractivity contribution is 5.82. The second-order valence-electron chi connectivity index (χ2n) is 5.52. The predicted octanol–water partition coefficient (Wildman–Crippen LogP) is -0.300. The molecule has 0 unspecified atom stereocenters. The van der Waals surface area contributed by atoms with Gasteiger partial charge in [0.25, 0.3) is 0 Å². The molecule has 2 aliphatic heterocycles. The Balaban J connectivity index is 1.64. The maximum atomic E-state index is 11.8. The lowest BCUT2D eigenvalue weighted by Crippen LogP contribution is -2.46. The van der Waals surface area contributed by atoms with Crippen LogP contribution < -0.4 is 10.6 Å². The molecule has 2 saturated heterocycles. The number of aliphatic hydroxyl groups excluding tert-OH is 1. The Morgan fingerprint density at radius 3 is 3.00 bits per heavy atom. The van der Waals surface area contributed by atoms with Crippen LogP contribution in [0.25, 0.3) is 0 Å². The lowest BCUT2D eigenvalue weighted by molar-refractivity contribution is -0.123. The number of nitrogens with one attached hydrogen (secondary N) is 2. The number of likely N-dealkylation sites (tertiary alicyclic amines) is 1. The van der Waals surface area contributed by atoms with E-state index in [0.717, 1.165) is 13.1 Å². The van der Waals surface area contributed by atoms with Crippen LogP contribution in [0.2, 0.25) is 0 Å². The van der Waals surface area contributed by atoms with Crippen molar-refractivity contribution in [1.82, 2.24) is 15.5 Å². The van der Waals surface area contributed by atoms with E-state index < -0.39 is 0 Å². The molecule has 0 bridgehead atoms. The van der Waals surface area contributed by atoms with E-state index in [1.807, 2.05) is 0 Å². The molecule has 0 spiro atoms. The van der Waals surface area contributed by atoms with Crippen LogP contribution in [0, 0.1) is 0 Å². The lowest BCUT2D eigenvalue weighted by Gasteiger charge is -2.33. The quantitative estimate of drug-likeness (QED) is 0.645. The van der Waals surface area contributed by atoms with Crippen LogP contribution in [0.15, 0.2) is 0 Å². The molecule has 0 aromatic heterocycles. The van der Waals surface area contributed by atoms with Gasteiger partial charge in [-0.15, -0.1) is 0 Å². The molecule has 0 saturated carbocycles. The SMILES string of the molecule is C[C@@H]1CCCCN1CCNC(=O)[C@@H]1C[C@H](O)CN1. The third-order valence-corrected chi connectivity index (χ3v) is 4.06. The number of carbonyl (C=O) groups excluding carboxylic acids is 1. The van der Waals surface area contributed by atoms with Gasteiger partial charge in [-0.1, -0.05) is 6.42 Å². The van der Waals surface area contributed by atoms with Gasteiger partial charge in [-0.3, -0.25) is 9.69 Å². The molecular formula is C13H25N3O2. The van der Waals surface area contributed by atoms with Crippen LogP contribution in [0.5, 0.6) is 0 Å². The standard InChI is InChI=1S/C13H25N3O2/c1-10-4-2-3-6-16(10)7-5-14-13(18)12-8-11(17)9-15-12/h10-12,15,17H,2-9H2,1H3,(H,14,18)/t10-,11+,12+/m1/s1. The summed E-state index contributed by atoms with van der Waals surface area (Å²) in [7, 11) is 0. The number of carbonyl (C=O) groups is 1. The van der Waals surface area contributed by atoms with E-state index in [0.29, 0.717) is 25.6 Å². The molecule has 0 aromatic carbocycles. The van der Waals surface area contributed by atoms with Crippen LogP contribution in [0.1, 0.15) is 32.6 Å². The fourth-order valence-electron chi connectivity index (χ4n) is 2.85. The minimum Gasteiger partial charge on any atom is -0.392 e. The molecule has 104 valence electrons. The summed E-state index contributed by atoms with van der Waals surface area (Å²) in [5.41, 5.74) is 0. The van der Waals surface area contributed by atoms with Gasteiger partial charge in [0.1, 0.15) is 0 Å². The monoisotopic (exact) mass is 255 g/mol. The average molecular weight is 255 g/mol. The maximum Gasteiger partial charge on any atom is 0.237 e. The zero-order valence-electron chi connectivity index (χ0n) is 11.2. The third kappa shape index (κ3) is 3.67. The van der Waals surface area contributed by atoms with Gasteiger partial charge in [-0.25, -0.2) is 0 Å². The number of nitrogens with zero attached hydrogens (tertiary/aromatic N) is 1. The molecule has 2 aliphatic rings. The van der Waals surface area contributed by atoms with Crippen LogP contribution in [-0.4, -0.2) is 60.3 Å². The predicted molar refractivity (Wildman–Crippen MR) is 70.3 cm³/mol. The molecular weight excluding hydrogens is 230 g/mol. The Morgan fingerprint density at radius 1 is 1.50 bits per heavy atom. The largest absolute Gasteiger partial charge is 0.392 e. The molecule has 1 amide bonds. The molecule has 3 atom stereocenters. The van der Waals surface area contributed by atoms with Gasteiger partial charge >= 0.3 is 0 Å². The van der Waals surface area contributed by atoms with Gasteiger partial charge in [-0.2, -0.15) is 0 Å². The maximum absolute atomic E-state index is 11.8. The second kappa shape index (κ2) is 6.50. The van der Waals surface area contributed by atoms with Gasteiger partial charge in [0.2, 0.25) is 5.91 Å². The zero-order valence-corrected chi connectivity index (χ0v) is 11.2. The summed E-state index contributed by atoms with van der Waals surface area (Å²) in [4.78, 5) is 14.3. The molecule has 2 heterocycles. The van der Waals surface area contributed by atoms with Crippen LogP contribution in [0.4, 0.5) is 0 Å². The van der Waals surface area contributed by atoms with Gasteiger partial charge in [-0.05, 0) is 32.7 Å². The van der Waals surface area contributed by atoms with Crippen molar-refractivity contribution in [2.45, 2.75) is 50.8 Å². The van der Waals surface area contributed by atoms with E-state index in [4.69, 9.17) is 0 Å². The second-order valence-corrected chi connectivity index (χ2v) is 5.52. The smallest absolute Gasteiger partial charge is 0.237 e. The minimum absolute atomic E-state index is 0.0243. The molecule has 0 aliphatic carbocycles. The summed E-state index contributed by atoms with van der Waals surface area (Å²) in [5, 5.41) is 15.3. The van der Waals surface area contributed by atoms with E-state index in [1.54, 1.807) is 0 Å². The summed E-state index contributed by atoms with van der Waals surface area (Å²) < 4.78 is 0. The van der Waals surface area contributed by atoms with Gasteiger partial charge < -0.3 is 15.7 Å². The number of aliphatic hydroxyl groups is 1. The summed E-state index contributed by atoms with van der Waals surface area (Å²) in [6, 6.07) is 0.431. The highest BCUT2D eigenvalue weighted by Crippen LogP contribution is 2.15. The van der Waals surface area contributed by atoms with Gasteiger partial charge in [0.05, 0.1) is 12.1 Å². The first kappa shape index (κ1) is 13.8. The van der Waals surface area contributed by atoms with E-state index in [9.17, 15) is 9.90 Å². The number of piperidine rings is 1. The number of hydrogen-bond donors (Lipinski definition) is 3. The average Bonchev–Trinajstić information content (AvgIpc) is 2.78. The van der Waals surface area contributed by atoms with E-state index >= 15 is 0 Å². The number of rotatable bonds is 4. The zero-order chi connectivity index (χ0) is 13.0. The van der Waals surface area contributed by atoms with Crippen molar-refractivity contribution in [3.63, 3.8) is 0 Å². The molecule has 2 rings (SSSR count). The third-order valence-electron chi connectivity index (χ3n) is 4.06. The van der Waals surface area contributed by atoms with E-state index in [1.165, 1.54) is 19.3 Å². The van der Waals surface area contributed by atoms with Crippen molar-refractivity contribution in [3.05, 3.63) is 0 Å². The Labute approximate surface area is 109 Å². The molecule has 5 nitrogen and oxygen atoms in total. The van der Waals surface area contributed by atoms with Crippen molar-refractivity contribution in [2.75, 3.05) is 26.2 Å². The first-order valence-corrected chi connectivity index (χ1v) is 7.10. The lowest BCUT2D eigenvalue weighted by atomic mass is 10.0. The first-order chi connectivity index (χ1) is 8.66. The van der Waals surface area contributed by atoms with Crippen molar-refractivity contribution >= 4 is 5.91 Å². The van der Waals surface area contributed by atoms with Gasteiger partial charge in [0, 0.05) is 25.7 Å². The van der Waals surface area contributed by atoms with Crippen molar-refractivity contribution in [2.24, 2.45) is 0 Å². The summed E-state index contributed by atoms with van der Waals surface area (Å²) in [6.07, 6.45) is 4.03. The first-order valence-electron chi connectivity index (χ1n) is 7.10. The summed E-state index contributed by atoms with van der Waals surface area (Å²) in [5.74, 6) is 0.0243. The number of amides is 1. The summed E-state index contributed by atoms with van der Waals surface area (Å²) >= 11 is 0. The highest BCUT2D eigenvalue weighted by atomic mass is 16.3. The van der Waals surface area contributed by atoms with Crippen LogP contribution >= 0.6 is 0 Å². The Kier molecular flexibility index (Phi) is 4.97. The topological polar surface area (TPSA) is 64.6 Å². The van der Waals surface area contributed by atoms with Crippen LogP contribution in [0.3, 0.4) is 0 Å². The highest BCUT2D eigenvalue weighted by Gasteiger charge is 2.27. The summed E-state index contributed by atoms with van der Waals surface area (Å²) in [6.45, 7) is 5.58. The number of β-amino-alcohol motifs (C(OH)–C–C–N with tert-alkyl or cyclic N) is 1. The minimum atomic E-state index is -0.372. The van der Waals surface area contributed by atoms with Crippen LogP contribution in [-0.2, 0) is 4.79 Å². The van der Waals surface area contributed by atoms with Crippen molar-refractivity contribution in [1.29, 1.82) is 0 Å². The molecule has 2 fully saturated rings. The molecule has 18 heavy (non-hydrogen) atoms. The molecule has 0 radical (unpaired) electrons. The fraction of sp³-hybridized carbons (Fsp3) is 0.923. The molecule has 5 heteroatoms. The number of hydrogen-bond acceptors (Lipinski definition) is 4. The normalized spacial score (nSPS) is 33.6. The van der Waals surface area contributed by atoms with Gasteiger partial charge in [0.15, 0.2) is 0 Å². The fourth-order valence-corrected chi connectivity index (χ4v) is 2.85. The Hall–Kier alpha value is -0.650. The molecule has 0 aromatic rings. The Morgan fingerprint density at radius 2 is 2.33 bits per heavy atom. The van der Waals surface area contributed by atoms with Crippen molar-refractivity contribution < 1.29 is 9.90 Å². The van der Waals surface area contributed by atoms with Crippen molar-refractivity contribution in [3.8, 4) is 0 Å². The molecule has 3 N–H and O–H groups in total. The van der Waals surface area contributed by atoms with E-state index in [-0.39, 0.29) is 18.1 Å². The van der Waals surface area contributed by atoms with E-state index in [2.05, 4.69) is 22.5 Å².